The highest BCUT2D eigenvalue weighted by molar-refractivity contribution is 6.22. The molecule has 4 nitrogen and oxygen atoms in total. The van der Waals surface area contributed by atoms with Crippen LogP contribution in [-0.2, 0) is 0 Å². The largest absolute Gasteiger partial charge is 0.455 e. The Labute approximate surface area is 317 Å². The number of benzene rings is 9. The van der Waals surface area contributed by atoms with Gasteiger partial charge in [-0.25, -0.2) is 15.0 Å². The summed E-state index contributed by atoms with van der Waals surface area (Å²) < 4.78 is 6.72. The number of furan rings is 1. The van der Waals surface area contributed by atoms with E-state index in [0.717, 1.165) is 71.3 Å². The van der Waals surface area contributed by atoms with E-state index >= 15 is 0 Å². The molecule has 2 heterocycles. The Hall–Kier alpha value is -7.43. The summed E-state index contributed by atoms with van der Waals surface area (Å²) in [5.74, 6) is 1.85. The van der Waals surface area contributed by atoms with E-state index in [4.69, 9.17) is 19.4 Å². The first-order valence-corrected chi connectivity index (χ1v) is 18.5. The van der Waals surface area contributed by atoms with E-state index in [9.17, 15) is 0 Å². The highest BCUT2D eigenvalue weighted by Crippen LogP contribution is 2.43. The van der Waals surface area contributed by atoms with Crippen LogP contribution in [0.4, 0.5) is 0 Å². The highest BCUT2D eigenvalue weighted by Gasteiger charge is 2.21. The van der Waals surface area contributed by atoms with Crippen LogP contribution < -0.4 is 0 Å². The molecule has 11 aromatic rings. The zero-order valence-corrected chi connectivity index (χ0v) is 29.6. The third kappa shape index (κ3) is 5.34. The van der Waals surface area contributed by atoms with Gasteiger partial charge in [-0.15, -0.1) is 0 Å². The molecule has 0 radical (unpaired) electrons. The summed E-state index contributed by atoms with van der Waals surface area (Å²) in [4.78, 5) is 15.5. The maximum Gasteiger partial charge on any atom is 0.164 e. The molecule has 0 atom stereocenters. The number of hydrogen-bond acceptors (Lipinski definition) is 4. The van der Waals surface area contributed by atoms with Crippen molar-refractivity contribution in [1.82, 2.24) is 15.0 Å². The molecule has 4 heteroatoms. The predicted octanol–water partition coefficient (Wildman–Crippen LogP) is 13.6. The first-order chi connectivity index (χ1) is 27.2. The minimum absolute atomic E-state index is 0.610. The Bertz CT molecular complexity index is 3260. The van der Waals surface area contributed by atoms with Crippen molar-refractivity contribution >= 4 is 54.3 Å². The molecule has 0 amide bonds. The number of hydrogen-bond donors (Lipinski definition) is 0. The minimum Gasteiger partial charge on any atom is -0.455 e. The van der Waals surface area contributed by atoms with Crippen molar-refractivity contribution in [3.8, 4) is 56.4 Å². The van der Waals surface area contributed by atoms with Crippen molar-refractivity contribution < 1.29 is 4.42 Å². The van der Waals surface area contributed by atoms with Crippen molar-refractivity contribution in [2.75, 3.05) is 0 Å². The lowest BCUT2D eigenvalue weighted by atomic mass is 9.94. The van der Waals surface area contributed by atoms with Gasteiger partial charge in [0.05, 0.1) is 0 Å². The van der Waals surface area contributed by atoms with E-state index in [0.29, 0.717) is 17.5 Å². The summed E-state index contributed by atoms with van der Waals surface area (Å²) in [7, 11) is 0. The predicted molar refractivity (Wildman–Crippen MR) is 227 cm³/mol. The molecule has 11 rings (SSSR count). The van der Waals surface area contributed by atoms with Gasteiger partial charge in [-0.1, -0.05) is 158 Å². The molecule has 0 saturated heterocycles. The monoisotopic (exact) mass is 701 g/mol. The summed E-state index contributed by atoms with van der Waals surface area (Å²) >= 11 is 0. The highest BCUT2D eigenvalue weighted by atomic mass is 16.3. The molecule has 0 saturated carbocycles. The summed E-state index contributed by atoms with van der Waals surface area (Å²) in [5, 5.41) is 8.83. The van der Waals surface area contributed by atoms with Crippen molar-refractivity contribution in [2.24, 2.45) is 0 Å². The standard InChI is InChI=1S/C51H31N3O/c1-3-12-32(13-4-1)36-23-24-38-30-40(27-25-37(38)28-36)50-52-49(34-15-5-2-6-16-34)53-51(54-50)44-31-45-47-41(39-26-22-33-14-7-8-17-35(33)29-39)20-11-21-46(47)55-48(45)43-19-10-9-18-42(43)44/h1-31H. The van der Waals surface area contributed by atoms with Gasteiger partial charge >= 0.3 is 0 Å². The SMILES string of the molecule is c1ccc(-c2ccc3cc(-c4nc(-c5ccccc5)nc(-c5cc6c(oc7cccc(-c8ccc9ccccc9c8)c76)c6ccccc56)n4)ccc3c2)cc1. The van der Waals surface area contributed by atoms with Gasteiger partial charge in [-0.05, 0) is 79.5 Å². The Balaban J connectivity index is 1.13. The minimum atomic E-state index is 0.610. The molecule has 0 bridgehead atoms. The van der Waals surface area contributed by atoms with Gasteiger partial charge in [0.25, 0.3) is 0 Å². The first kappa shape index (κ1) is 31.1. The van der Waals surface area contributed by atoms with Crippen LogP contribution >= 0.6 is 0 Å². The van der Waals surface area contributed by atoms with Gasteiger partial charge in [-0.2, -0.15) is 0 Å². The Morgan fingerprint density at radius 2 is 0.873 bits per heavy atom. The van der Waals surface area contributed by atoms with E-state index in [1.165, 1.54) is 21.9 Å². The second kappa shape index (κ2) is 12.6. The Morgan fingerprint density at radius 3 is 1.67 bits per heavy atom. The molecule has 256 valence electrons. The van der Waals surface area contributed by atoms with Gasteiger partial charge in [0, 0.05) is 32.8 Å². The van der Waals surface area contributed by atoms with Crippen LogP contribution in [0.25, 0.3) is 111 Å². The maximum atomic E-state index is 6.72. The lowest BCUT2D eigenvalue weighted by Gasteiger charge is -2.12. The van der Waals surface area contributed by atoms with Crippen LogP contribution in [0.2, 0.25) is 0 Å². The van der Waals surface area contributed by atoms with Crippen LogP contribution in [-0.4, -0.2) is 15.0 Å². The van der Waals surface area contributed by atoms with Crippen LogP contribution in [0.15, 0.2) is 192 Å². The molecule has 0 aliphatic heterocycles. The number of fused-ring (bicyclic) bond motifs is 7. The van der Waals surface area contributed by atoms with E-state index in [2.05, 4.69) is 164 Å². The average Bonchev–Trinajstić information content (AvgIpc) is 3.65. The zero-order valence-electron chi connectivity index (χ0n) is 29.6. The van der Waals surface area contributed by atoms with Crippen LogP contribution in [0.1, 0.15) is 0 Å². The number of aromatic nitrogens is 3. The quantitative estimate of drug-likeness (QED) is 0.179. The molecule has 0 spiro atoms. The molecule has 2 aromatic heterocycles. The van der Waals surface area contributed by atoms with Crippen LogP contribution in [0.3, 0.4) is 0 Å². The van der Waals surface area contributed by atoms with E-state index in [1.807, 2.05) is 24.3 Å². The Morgan fingerprint density at radius 1 is 0.309 bits per heavy atom. The fourth-order valence-corrected chi connectivity index (χ4v) is 7.97. The molecule has 9 aromatic carbocycles. The summed E-state index contributed by atoms with van der Waals surface area (Å²) in [6.45, 7) is 0. The molecule has 55 heavy (non-hydrogen) atoms. The number of nitrogens with zero attached hydrogens (tertiary/aromatic N) is 3. The van der Waals surface area contributed by atoms with Gasteiger partial charge in [-0.3, -0.25) is 0 Å². The molecular formula is C51H31N3O. The van der Waals surface area contributed by atoms with Crippen molar-refractivity contribution in [1.29, 1.82) is 0 Å². The smallest absolute Gasteiger partial charge is 0.164 e. The van der Waals surface area contributed by atoms with Gasteiger partial charge in [0.1, 0.15) is 11.2 Å². The summed E-state index contributed by atoms with van der Waals surface area (Å²) in [5.41, 5.74) is 9.12. The van der Waals surface area contributed by atoms with Crippen molar-refractivity contribution in [3.05, 3.63) is 188 Å². The topological polar surface area (TPSA) is 51.8 Å². The second-order valence-electron chi connectivity index (χ2n) is 14.0. The van der Waals surface area contributed by atoms with E-state index in [1.54, 1.807) is 0 Å². The van der Waals surface area contributed by atoms with Crippen LogP contribution in [0.5, 0.6) is 0 Å². The van der Waals surface area contributed by atoms with E-state index < -0.39 is 0 Å². The summed E-state index contributed by atoms with van der Waals surface area (Å²) in [6, 6.07) is 65.8. The average molecular weight is 702 g/mol. The third-order valence-electron chi connectivity index (χ3n) is 10.7. The lowest BCUT2D eigenvalue weighted by molar-refractivity contribution is 0.673. The Kier molecular flexibility index (Phi) is 7.14. The fourth-order valence-electron chi connectivity index (χ4n) is 7.97. The maximum absolute atomic E-state index is 6.72. The van der Waals surface area contributed by atoms with Gasteiger partial charge in [0.2, 0.25) is 0 Å². The first-order valence-electron chi connectivity index (χ1n) is 18.5. The van der Waals surface area contributed by atoms with Gasteiger partial charge in [0.15, 0.2) is 17.5 Å². The molecule has 0 aliphatic carbocycles. The molecule has 0 N–H and O–H groups in total. The zero-order chi connectivity index (χ0) is 36.3. The normalized spacial score (nSPS) is 11.6. The molecule has 0 aliphatic rings. The fraction of sp³-hybridized carbons (Fsp3) is 0. The molecule has 0 fully saturated rings. The van der Waals surface area contributed by atoms with Crippen molar-refractivity contribution in [2.45, 2.75) is 0 Å². The lowest BCUT2D eigenvalue weighted by Crippen LogP contribution is -2.00. The second-order valence-corrected chi connectivity index (χ2v) is 14.0. The number of rotatable bonds is 5. The van der Waals surface area contributed by atoms with Crippen LogP contribution in [0, 0.1) is 0 Å². The molecular weight excluding hydrogens is 671 g/mol. The van der Waals surface area contributed by atoms with Crippen molar-refractivity contribution in [3.63, 3.8) is 0 Å². The summed E-state index contributed by atoms with van der Waals surface area (Å²) in [6.07, 6.45) is 0. The molecule has 0 unspecified atom stereocenters. The third-order valence-corrected chi connectivity index (χ3v) is 10.7. The van der Waals surface area contributed by atoms with Gasteiger partial charge < -0.3 is 4.42 Å². The van der Waals surface area contributed by atoms with E-state index in [-0.39, 0.29) is 0 Å².